The average Bonchev–Trinajstić information content (AvgIpc) is 2.52. The number of hydrogen-bond donors (Lipinski definition) is 1. The Morgan fingerprint density at radius 2 is 2.13 bits per heavy atom. The highest BCUT2D eigenvalue weighted by molar-refractivity contribution is 5.48. The first-order valence-electron chi connectivity index (χ1n) is 5.98. The molecule has 0 amide bonds. The van der Waals surface area contributed by atoms with Gasteiger partial charge in [0.05, 0.1) is 0 Å². The molecular formula is C14H19N. The summed E-state index contributed by atoms with van der Waals surface area (Å²) in [6.07, 6.45) is 3.80. The molecule has 2 atom stereocenters. The van der Waals surface area contributed by atoms with Gasteiger partial charge in [-0.2, -0.15) is 0 Å². The van der Waals surface area contributed by atoms with Crippen LogP contribution in [-0.2, 0) is 5.41 Å². The minimum absolute atomic E-state index is 0.291. The van der Waals surface area contributed by atoms with Crippen LogP contribution in [0, 0.1) is 0 Å². The van der Waals surface area contributed by atoms with Gasteiger partial charge in [-0.3, -0.25) is 0 Å². The summed E-state index contributed by atoms with van der Waals surface area (Å²) in [5.41, 5.74) is 11.1. The van der Waals surface area contributed by atoms with E-state index < -0.39 is 0 Å². The molecule has 2 aliphatic rings. The second kappa shape index (κ2) is 2.85. The summed E-state index contributed by atoms with van der Waals surface area (Å²) in [6, 6.07) is 7.01. The van der Waals surface area contributed by atoms with Crippen molar-refractivity contribution in [1.29, 1.82) is 0 Å². The van der Waals surface area contributed by atoms with Crippen molar-refractivity contribution in [2.75, 3.05) is 0 Å². The normalized spacial score (nSPS) is 31.4. The third-order valence-corrected chi connectivity index (χ3v) is 4.33. The maximum Gasteiger partial charge on any atom is 0.0303 e. The molecule has 1 aromatic carbocycles. The Morgan fingerprint density at radius 1 is 1.33 bits per heavy atom. The molecule has 1 nitrogen and oxygen atoms in total. The van der Waals surface area contributed by atoms with Gasteiger partial charge in [0, 0.05) is 6.04 Å². The lowest BCUT2D eigenvalue weighted by Crippen LogP contribution is -2.25. The molecule has 0 aromatic heterocycles. The molecule has 3 rings (SSSR count). The van der Waals surface area contributed by atoms with Crippen molar-refractivity contribution in [3.05, 3.63) is 34.9 Å². The van der Waals surface area contributed by atoms with Gasteiger partial charge in [-0.25, -0.2) is 0 Å². The molecule has 0 heterocycles. The summed E-state index contributed by atoms with van der Waals surface area (Å²) >= 11 is 0. The Kier molecular flexibility index (Phi) is 1.79. The molecule has 2 aliphatic carbocycles. The van der Waals surface area contributed by atoms with Gasteiger partial charge in [0.15, 0.2) is 0 Å². The van der Waals surface area contributed by atoms with Gasteiger partial charge < -0.3 is 5.73 Å². The molecule has 0 unspecified atom stereocenters. The molecule has 80 valence electrons. The maximum absolute atomic E-state index is 6.20. The van der Waals surface area contributed by atoms with Crippen LogP contribution in [0.15, 0.2) is 18.2 Å². The van der Waals surface area contributed by atoms with Crippen LogP contribution in [0.2, 0.25) is 0 Å². The van der Waals surface area contributed by atoms with E-state index in [1.807, 2.05) is 0 Å². The number of rotatable bonds is 0. The second-order valence-electron chi connectivity index (χ2n) is 5.77. The van der Waals surface area contributed by atoms with Gasteiger partial charge in [0.2, 0.25) is 0 Å². The molecule has 0 spiro atoms. The molecule has 0 saturated heterocycles. The van der Waals surface area contributed by atoms with Crippen LogP contribution in [0.25, 0.3) is 0 Å². The minimum atomic E-state index is 0.291. The summed E-state index contributed by atoms with van der Waals surface area (Å²) in [4.78, 5) is 0. The highest BCUT2D eigenvalue weighted by Crippen LogP contribution is 2.51. The standard InChI is InChI=1S/C14H19N/c1-14(2)7-6-9-8-12(15)10-4-3-5-11(14)13(9)10/h3-5,9,12H,6-8,15H2,1-2H3/t9-,12+/m1/s1. The monoisotopic (exact) mass is 201 g/mol. The van der Waals surface area contributed by atoms with E-state index in [0.29, 0.717) is 11.5 Å². The van der Waals surface area contributed by atoms with Crippen LogP contribution < -0.4 is 5.73 Å². The van der Waals surface area contributed by atoms with E-state index in [9.17, 15) is 0 Å². The molecule has 0 fully saturated rings. The van der Waals surface area contributed by atoms with Crippen LogP contribution in [0.4, 0.5) is 0 Å². The zero-order chi connectivity index (χ0) is 10.6. The molecule has 0 aliphatic heterocycles. The predicted octanol–water partition coefficient (Wildman–Crippen LogP) is 3.25. The second-order valence-corrected chi connectivity index (χ2v) is 5.77. The van der Waals surface area contributed by atoms with Crippen LogP contribution in [0.3, 0.4) is 0 Å². The molecule has 15 heavy (non-hydrogen) atoms. The van der Waals surface area contributed by atoms with Crippen LogP contribution in [0.5, 0.6) is 0 Å². The molecule has 0 radical (unpaired) electrons. The lowest BCUT2D eigenvalue weighted by atomic mass is 9.69. The largest absolute Gasteiger partial charge is 0.324 e. The van der Waals surface area contributed by atoms with Crippen LogP contribution in [0.1, 0.15) is 61.8 Å². The van der Waals surface area contributed by atoms with E-state index >= 15 is 0 Å². The first-order chi connectivity index (χ1) is 7.09. The lowest BCUT2D eigenvalue weighted by molar-refractivity contribution is 0.389. The van der Waals surface area contributed by atoms with Crippen molar-refractivity contribution < 1.29 is 0 Å². The Balaban J connectivity index is 2.25. The summed E-state index contributed by atoms with van der Waals surface area (Å²) in [5.74, 6) is 0.749. The van der Waals surface area contributed by atoms with Crippen molar-refractivity contribution >= 4 is 0 Å². The quantitative estimate of drug-likeness (QED) is 0.685. The minimum Gasteiger partial charge on any atom is -0.324 e. The van der Waals surface area contributed by atoms with Gasteiger partial charge in [-0.05, 0) is 47.3 Å². The maximum atomic E-state index is 6.20. The van der Waals surface area contributed by atoms with Crippen molar-refractivity contribution in [3.63, 3.8) is 0 Å². The van der Waals surface area contributed by atoms with E-state index in [4.69, 9.17) is 5.73 Å². The summed E-state index contributed by atoms with van der Waals surface area (Å²) in [7, 11) is 0. The fraction of sp³-hybridized carbons (Fsp3) is 0.571. The lowest BCUT2D eigenvalue weighted by Gasteiger charge is -2.35. The first-order valence-corrected chi connectivity index (χ1v) is 5.98. The van der Waals surface area contributed by atoms with E-state index in [1.54, 1.807) is 11.1 Å². The third-order valence-electron chi connectivity index (χ3n) is 4.33. The SMILES string of the molecule is CC1(C)CC[C@@H]2C[C@H](N)c3cccc1c32. The topological polar surface area (TPSA) is 26.0 Å². The molecular weight excluding hydrogens is 182 g/mol. The van der Waals surface area contributed by atoms with Gasteiger partial charge in [-0.15, -0.1) is 0 Å². The zero-order valence-electron chi connectivity index (χ0n) is 9.59. The first kappa shape index (κ1) is 9.41. The smallest absolute Gasteiger partial charge is 0.0303 e. The molecule has 1 aromatic rings. The fourth-order valence-corrected chi connectivity index (χ4v) is 3.44. The zero-order valence-corrected chi connectivity index (χ0v) is 9.59. The summed E-state index contributed by atoms with van der Waals surface area (Å²) in [6.45, 7) is 4.73. The highest BCUT2D eigenvalue weighted by atomic mass is 14.7. The molecule has 0 bridgehead atoms. The molecule has 0 saturated carbocycles. The van der Waals surface area contributed by atoms with E-state index in [0.717, 1.165) is 5.92 Å². The van der Waals surface area contributed by atoms with Gasteiger partial charge in [0.1, 0.15) is 0 Å². The number of hydrogen-bond acceptors (Lipinski definition) is 1. The van der Waals surface area contributed by atoms with Crippen molar-refractivity contribution in [2.24, 2.45) is 5.73 Å². The number of nitrogens with two attached hydrogens (primary N) is 1. The van der Waals surface area contributed by atoms with Crippen LogP contribution in [-0.4, -0.2) is 0 Å². The van der Waals surface area contributed by atoms with Gasteiger partial charge >= 0.3 is 0 Å². The summed E-state index contributed by atoms with van der Waals surface area (Å²) < 4.78 is 0. The predicted molar refractivity (Wildman–Crippen MR) is 63.0 cm³/mol. The van der Waals surface area contributed by atoms with E-state index in [2.05, 4.69) is 32.0 Å². The Bertz CT molecular complexity index is 406. The fourth-order valence-electron chi connectivity index (χ4n) is 3.44. The van der Waals surface area contributed by atoms with Gasteiger partial charge in [-0.1, -0.05) is 32.0 Å². The van der Waals surface area contributed by atoms with E-state index in [-0.39, 0.29) is 0 Å². The Labute approximate surface area is 91.7 Å². The average molecular weight is 201 g/mol. The van der Waals surface area contributed by atoms with Gasteiger partial charge in [0.25, 0.3) is 0 Å². The molecule has 2 N–H and O–H groups in total. The van der Waals surface area contributed by atoms with E-state index in [1.165, 1.54) is 24.8 Å². The van der Waals surface area contributed by atoms with Crippen molar-refractivity contribution in [1.82, 2.24) is 0 Å². The number of benzene rings is 1. The van der Waals surface area contributed by atoms with Crippen LogP contribution >= 0.6 is 0 Å². The molecule has 1 heteroatoms. The summed E-state index contributed by atoms with van der Waals surface area (Å²) in [5, 5.41) is 0. The third kappa shape index (κ3) is 1.19. The highest BCUT2D eigenvalue weighted by Gasteiger charge is 2.39. The van der Waals surface area contributed by atoms with Crippen molar-refractivity contribution in [2.45, 2.75) is 50.5 Å². The Morgan fingerprint density at radius 3 is 2.93 bits per heavy atom. The van der Waals surface area contributed by atoms with Crippen molar-refractivity contribution in [3.8, 4) is 0 Å². The Hall–Kier alpha value is -0.820.